The fourth-order valence-electron chi connectivity index (χ4n) is 3.16. The molecule has 1 heterocycles. The third-order valence-corrected chi connectivity index (χ3v) is 4.65. The quantitative estimate of drug-likeness (QED) is 0.762. The minimum atomic E-state index is 0.127. The van der Waals surface area contributed by atoms with E-state index < -0.39 is 0 Å². The molecule has 0 aromatic heterocycles. The van der Waals surface area contributed by atoms with Crippen LogP contribution >= 0.6 is 11.6 Å². The van der Waals surface area contributed by atoms with Crippen molar-refractivity contribution in [3.63, 3.8) is 0 Å². The number of Topliss-reactive ketones (excluding diaryl/α,β-unsaturated/α-hetero) is 1. The molecule has 0 radical (unpaired) electrons. The molecule has 1 fully saturated rings. The lowest BCUT2D eigenvalue weighted by atomic mass is 9.85. The highest BCUT2D eigenvalue weighted by Crippen LogP contribution is 2.36. The molecule has 0 N–H and O–H groups in total. The van der Waals surface area contributed by atoms with Crippen molar-refractivity contribution in [1.29, 1.82) is 0 Å². The summed E-state index contributed by atoms with van der Waals surface area (Å²) in [5.41, 5.74) is 0.575. The lowest BCUT2D eigenvalue weighted by molar-refractivity contribution is 0.0950. The monoisotopic (exact) mass is 308 g/mol. The van der Waals surface area contributed by atoms with E-state index in [0.717, 1.165) is 19.3 Å². The topological polar surface area (TPSA) is 35.5 Å². The van der Waals surface area contributed by atoms with Gasteiger partial charge in [-0.05, 0) is 12.0 Å². The number of fused-ring (bicyclic) bond motifs is 1. The molecule has 1 aromatic carbocycles. The first-order valence-corrected chi connectivity index (χ1v) is 8.24. The van der Waals surface area contributed by atoms with Gasteiger partial charge in [0, 0.05) is 24.5 Å². The fraction of sp³-hybridized carbons (Fsp3) is 0.588. The molecular formula is C17H21ClO3. The number of halogens is 1. The Balaban J connectivity index is 1.77. The van der Waals surface area contributed by atoms with Crippen LogP contribution in [0.15, 0.2) is 12.1 Å². The minimum Gasteiger partial charge on any atom is -0.490 e. The third kappa shape index (κ3) is 3.52. The molecule has 21 heavy (non-hydrogen) atoms. The molecule has 4 heteroatoms. The summed E-state index contributed by atoms with van der Waals surface area (Å²) in [7, 11) is 0. The van der Waals surface area contributed by atoms with Gasteiger partial charge in [-0.1, -0.05) is 43.7 Å². The number of rotatable bonds is 3. The van der Waals surface area contributed by atoms with E-state index >= 15 is 0 Å². The lowest BCUT2D eigenvalue weighted by Crippen LogP contribution is -2.12. The van der Waals surface area contributed by atoms with E-state index in [1.165, 1.54) is 19.3 Å². The average molecular weight is 309 g/mol. The maximum atomic E-state index is 12.5. The van der Waals surface area contributed by atoms with Gasteiger partial charge in [-0.2, -0.15) is 0 Å². The van der Waals surface area contributed by atoms with Gasteiger partial charge in [-0.3, -0.25) is 4.79 Å². The van der Waals surface area contributed by atoms with Gasteiger partial charge in [-0.15, -0.1) is 0 Å². The highest BCUT2D eigenvalue weighted by atomic mass is 35.5. The van der Waals surface area contributed by atoms with Crippen molar-refractivity contribution in [3.05, 3.63) is 22.7 Å². The Bertz CT molecular complexity index is 521. The van der Waals surface area contributed by atoms with Gasteiger partial charge < -0.3 is 9.47 Å². The summed E-state index contributed by atoms with van der Waals surface area (Å²) in [6.45, 7) is 1.24. The zero-order valence-corrected chi connectivity index (χ0v) is 13.0. The first-order valence-electron chi connectivity index (χ1n) is 7.86. The van der Waals surface area contributed by atoms with Crippen molar-refractivity contribution < 1.29 is 14.3 Å². The standard InChI is InChI=1S/C17H21ClO3/c18-14-11-17-16(20-7-4-8-21-17)10-13(14)15(19)9-12-5-2-1-3-6-12/h10-12H,1-9H2. The average Bonchev–Trinajstić information content (AvgIpc) is 2.72. The lowest BCUT2D eigenvalue weighted by Gasteiger charge is -2.21. The van der Waals surface area contributed by atoms with Crippen LogP contribution in [0.25, 0.3) is 0 Å². The van der Waals surface area contributed by atoms with Gasteiger partial charge in [0.05, 0.1) is 18.2 Å². The summed E-state index contributed by atoms with van der Waals surface area (Å²) in [4.78, 5) is 12.5. The van der Waals surface area contributed by atoms with Crippen LogP contribution in [-0.2, 0) is 0 Å². The van der Waals surface area contributed by atoms with Crippen molar-refractivity contribution in [2.45, 2.75) is 44.9 Å². The van der Waals surface area contributed by atoms with Crippen LogP contribution in [-0.4, -0.2) is 19.0 Å². The van der Waals surface area contributed by atoms with Gasteiger partial charge in [0.15, 0.2) is 17.3 Å². The highest BCUT2D eigenvalue weighted by molar-refractivity contribution is 6.34. The SMILES string of the molecule is O=C(CC1CCCCC1)c1cc2c(cc1Cl)OCCCO2. The summed E-state index contributed by atoms with van der Waals surface area (Å²) in [6.07, 6.45) is 7.55. The molecule has 2 aliphatic rings. The van der Waals surface area contributed by atoms with Gasteiger partial charge in [0.1, 0.15) is 0 Å². The molecule has 0 bridgehead atoms. The number of hydrogen-bond donors (Lipinski definition) is 0. The second kappa shape index (κ2) is 6.69. The van der Waals surface area contributed by atoms with E-state index in [-0.39, 0.29) is 5.78 Å². The number of ether oxygens (including phenoxy) is 2. The number of carbonyl (C=O) groups is 1. The summed E-state index contributed by atoms with van der Waals surface area (Å²) >= 11 is 6.27. The predicted molar refractivity (Wildman–Crippen MR) is 82.6 cm³/mol. The van der Waals surface area contributed by atoms with Crippen LogP contribution in [0.1, 0.15) is 55.3 Å². The van der Waals surface area contributed by atoms with Crippen LogP contribution in [0.3, 0.4) is 0 Å². The van der Waals surface area contributed by atoms with Crippen LogP contribution in [0, 0.1) is 5.92 Å². The Morgan fingerprint density at radius 2 is 1.71 bits per heavy atom. The second-order valence-corrected chi connectivity index (χ2v) is 6.37. The molecule has 1 aliphatic carbocycles. The van der Waals surface area contributed by atoms with E-state index in [4.69, 9.17) is 21.1 Å². The van der Waals surface area contributed by atoms with Gasteiger partial charge in [0.2, 0.25) is 0 Å². The first kappa shape index (κ1) is 14.7. The largest absolute Gasteiger partial charge is 0.490 e. The van der Waals surface area contributed by atoms with Crippen molar-refractivity contribution in [2.75, 3.05) is 13.2 Å². The number of hydrogen-bond acceptors (Lipinski definition) is 3. The third-order valence-electron chi connectivity index (χ3n) is 4.34. The molecule has 0 amide bonds. The van der Waals surface area contributed by atoms with Crippen molar-refractivity contribution in [1.82, 2.24) is 0 Å². The van der Waals surface area contributed by atoms with Gasteiger partial charge in [0.25, 0.3) is 0 Å². The van der Waals surface area contributed by atoms with E-state index in [9.17, 15) is 4.79 Å². The van der Waals surface area contributed by atoms with E-state index in [1.807, 2.05) is 0 Å². The molecule has 1 saturated carbocycles. The Hall–Kier alpha value is -1.22. The summed E-state index contributed by atoms with van der Waals surface area (Å²) in [5, 5.41) is 0.472. The molecule has 0 unspecified atom stereocenters. The van der Waals surface area contributed by atoms with Crippen molar-refractivity contribution in [2.24, 2.45) is 5.92 Å². The molecular weight excluding hydrogens is 288 g/mol. The minimum absolute atomic E-state index is 0.127. The number of carbonyl (C=O) groups excluding carboxylic acids is 1. The molecule has 114 valence electrons. The second-order valence-electron chi connectivity index (χ2n) is 5.96. The van der Waals surface area contributed by atoms with Crippen LogP contribution in [0.5, 0.6) is 11.5 Å². The van der Waals surface area contributed by atoms with Gasteiger partial charge >= 0.3 is 0 Å². The van der Waals surface area contributed by atoms with Crippen molar-refractivity contribution in [3.8, 4) is 11.5 Å². The molecule has 0 saturated heterocycles. The Kier molecular flexibility index (Phi) is 4.69. The van der Waals surface area contributed by atoms with Crippen LogP contribution in [0.4, 0.5) is 0 Å². The zero-order chi connectivity index (χ0) is 14.7. The maximum Gasteiger partial charge on any atom is 0.164 e. The first-order chi connectivity index (χ1) is 10.2. The Morgan fingerprint density at radius 3 is 2.43 bits per heavy atom. The summed E-state index contributed by atoms with van der Waals surface area (Å²) < 4.78 is 11.2. The smallest absolute Gasteiger partial charge is 0.164 e. The molecule has 1 aliphatic heterocycles. The zero-order valence-electron chi connectivity index (χ0n) is 12.2. The fourth-order valence-corrected chi connectivity index (χ4v) is 3.42. The normalized spacial score (nSPS) is 19.1. The molecule has 0 spiro atoms. The molecule has 1 aromatic rings. The number of benzene rings is 1. The van der Waals surface area contributed by atoms with Crippen LogP contribution < -0.4 is 9.47 Å². The van der Waals surface area contributed by atoms with E-state index in [2.05, 4.69) is 0 Å². The molecule has 3 nitrogen and oxygen atoms in total. The highest BCUT2D eigenvalue weighted by Gasteiger charge is 2.22. The van der Waals surface area contributed by atoms with Crippen molar-refractivity contribution >= 4 is 17.4 Å². The number of ketones is 1. The molecule has 3 rings (SSSR count). The Morgan fingerprint density at radius 1 is 1.05 bits per heavy atom. The predicted octanol–water partition coefficient (Wildman–Crippen LogP) is 4.65. The summed E-state index contributed by atoms with van der Waals surface area (Å²) in [5.74, 6) is 1.93. The summed E-state index contributed by atoms with van der Waals surface area (Å²) in [6, 6.07) is 3.48. The maximum absolute atomic E-state index is 12.5. The van der Waals surface area contributed by atoms with Gasteiger partial charge in [-0.25, -0.2) is 0 Å². The molecule has 0 atom stereocenters. The van der Waals surface area contributed by atoms with Crippen LogP contribution in [0.2, 0.25) is 5.02 Å². The van der Waals surface area contributed by atoms with E-state index in [1.54, 1.807) is 12.1 Å². The van der Waals surface area contributed by atoms with E-state index in [0.29, 0.717) is 47.6 Å². The Labute approximate surface area is 130 Å².